The highest BCUT2D eigenvalue weighted by Crippen LogP contribution is 2.18. The van der Waals surface area contributed by atoms with Crippen LogP contribution in [0, 0.1) is 0 Å². The fourth-order valence-electron chi connectivity index (χ4n) is 2.30. The number of fused-ring (bicyclic) bond motifs is 1. The van der Waals surface area contributed by atoms with Gasteiger partial charge in [0.05, 0.1) is 11.0 Å². The van der Waals surface area contributed by atoms with Gasteiger partial charge in [-0.15, -0.1) is 0 Å². The van der Waals surface area contributed by atoms with E-state index in [1.807, 2.05) is 18.2 Å². The number of hydrogen-bond donors (Lipinski definition) is 3. The summed E-state index contributed by atoms with van der Waals surface area (Å²) < 4.78 is 0. The lowest BCUT2D eigenvalue weighted by molar-refractivity contribution is 0.767. The Balaban J connectivity index is 1.49. The zero-order valence-electron chi connectivity index (χ0n) is 12.5. The first-order chi connectivity index (χ1) is 10.3. The summed E-state index contributed by atoms with van der Waals surface area (Å²) in [6, 6.07) is 8.78. The van der Waals surface area contributed by atoms with Crippen LogP contribution in [0.4, 0.5) is 0 Å². The third-order valence-corrected chi connectivity index (χ3v) is 3.54. The van der Waals surface area contributed by atoms with E-state index in [4.69, 9.17) is 0 Å². The van der Waals surface area contributed by atoms with E-state index in [2.05, 4.69) is 38.6 Å². The maximum Gasteiger partial charge on any atom is 0.191 e. The molecule has 0 aliphatic heterocycles. The molecule has 0 spiro atoms. The molecule has 1 aliphatic rings. The van der Waals surface area contributed by atoms with Gasteiger partial charge in [0, 0.05) is 25.6 Å². The Labute approximate surface area is 125 Å². The standard InChI is InChI=1S/C16H23N5/c1-2-17-16(19-12-9-10-12)18-11-5-8-15-20-13-6-3-4-7-14(13)21-15/h3-4,6-7,12H,2,5,8-11H2,1H3,(H,20,21)(H2,17,18,19). The quantitative estimate of drug-likeness (QED) is 0.433. The van der Waals surface area contributed by atoms with Crippen LogP contribution in [-0.4, -0.2) is 35.1 Å². The predicted octanol–water partition coefficient (Wildman–Crippen LogP) is 2.21. The highest BCUT2D eigenvalue weighted by Gasteiger charge is 2.21. The Kier molecular flexibility index (Phi) is 4.38. The van der Waals surface area contributed by atoms with Crippen molar-refractivity contribution in [2.24, 2.45) is 4.99 Å². The van der Waals surface area contributed by atoms with Gasteiger partial charge >= 0.3 is 0 Å². The Bertz CT molecular complexity index is 579. The molecular weight excluding hydrogens is 262 g/mol. The van der Waals surface area contributed by atoms with Gasteiger partial charge < -0.3 is 15.6 Å². The van der Waals surface area contributed by atoms with Crippen LogP contribution in [0.25, 0.3) is 11.0 Å². The fraction of sp³-hybridized carbons (Fsp3) is 0.500. The average Bonchev–Trinajstić information content (AvgIpc) is 3.20. The second-order valence-corrected chi connectivity index (χ2v) is 5.48. The number of benzene rings is 1. The zero-order valence-corrected chi connectivity index (χ0v) is 12.5. The molecule has 1 fully saturated rings. The van der Waals surface area contributed by atoms with Crippen LogP contribution in [0.15, 0.2) is 29.3 Å². The molecule has 1 heterocycles. The molecule has 1 aromatic heterocycles. The van der Waals surface area contributed by atoms with Crippen molar-refractivity contribution in [1.29, 1.82) is 0 Å². The lowest BCUT2D eigenvalue weighted by Gasteiger charge is -2.09. The van der Waals surface area contributed by atoms with Gasteiger partial charge in [0.15, 0.2) is 5.96 Å². The Hall–Kier alpha value is -2.04. The second-order valence-electron chi connectivity index (χ2n) is 5.48. The first-order valence-electron chi connectivity index (χ1n) is 7.83. The molecule has 1 saturated carbocycles. The summed E-state index contributed by atoms with van der Waals surface area (Å²) >= 11 is 0. The van der Waals surface area contributed by atoms with Gasteiger partial charge in [-0.25, -0.2) is 4.98 Å². The number of H-pyrrole nitrogens is 1. The van der Waals surface area contributed by atoms with Crippen molar-refractivity contribution in [2.45, 2.75) is 38.6 Å². The van der Waals surface area contributed by atoms with E-state index in [-0.39, 0.29) is 0 Å². The molecule has 0 bridgehead atoms. The van der Waals surface area contributed by atoms with Crippen LogP contribution in [0.2, 0.25) is 0 Å². The van der Waals surface area contributed by atoms with E-state index in [0.717, 1.165) is 48.7 Å². The highest BCUT2D eigenvalue weighted by atomic mass is 15.2. The molecule has 5 nitrogen and oxygen atoms in total. The molecule has 1 aromatic carbocycles. The van der Waals surface area contributed by atoms with Gasteiger partial charge in [-0.1, -0.05) is 12.1 Å². The number of hydrogen-bond acceptors (Lipinski definition) is 2. The molecule has 1 aliphatic carbocycles. The van der Waals surface area contributed by atoms with Gasteiger partial charge in [0.2, 0.25) is 0 Å². The Morgan fingerprint density at radius 1 is 1.38 bits per heavy atom. The molecular formula is C16H23N5. The molecule has 0 unspecified atom stereocenters. The van der Waals surface area contributed by atoms with Crippen LogP contribution in [0.1, 0.15) is 32.0 Å². The largest absolute Gasteiger partial charge is 0.357 e. The summed E-state index contributed by atoms with van der Waals surface area (Å²) in [7, 11) is 0. The van der Waals surface area contributed by atoms with Crippen molar-refractivity contribution in [2.75, 3.05) is 13.1 Å². The molecule has 2 aromatic rings. The molecule has 0 saturated heterocycles. The number of aliphatic imine (C=N–C) groups is 1. The lowest BCUT2D eigenvalue weighted by Crippen LogP contribution is -2.38. The number of rotatable bonds is 6. The number of aromatic nitrogens is 2. The smallest absolute Gasteiger partial charge is 0.191 e. The molecule has 0 amide bonds. The molecule has 0 radical (unpaired) electrons. The predicted molar refractivity (Wildman–Crippen MR) is 86.6 cm³/mol. The van der Waals surface area contributed by atoms with Gasteiger partial charge in [-0.05, 0) is 38.3 Å². The molecule has 3 N–H and O–H groups in total. The van der Waals surface area contributed by atoms with Crippen molar-refractivity contribution >= 4 is 17.0 Å². The van der Waals surface area contributed by atoms with Gasteiger partial charge in [0.25, 0.3) is 0 Å². The Morgan fingerprint density at radius 3 is 3.00 bits per heavy atom. The minimum absolute atomic E-state index is 0.637. The normalized spacial score (nSPS) is 15.4. The number of nitrogens with one attached hydrogen (secondary N) is 3. The first kappa shape index (κ1) is 13.9. The van der Waals surface area contributed by atoms with E-state index in [9.17, 15) is 0 Å². The van der Waals surface area contributed by atoms with Crippen molar-refractivity contribution in [3.05, 3.63) is 30.1 Å². The zero-order chi connectivity index (χ0) is 14.5. The molecule has 112 valence electrons. The number of aromatic amines is 1. The molecule has 21 heavy (non-hydrogen) atoms. The topological polar surface area (TPSA) is 65.1 Å². The summed E-state index contributed by atoms with van der Waals surface area (Å²) in [6.45, 7) is 3.82. The minimum Gasteiger partial charge on any atom is -0.357 e. The van der Waals surface area contributed by atoms with E-state index >= 15 is 0 Å². The fourth-order valence-corrected chi connectivity index (χ4v) is 2.30. The van der Waals surface area contributed by atoms with Crippen LogP contribution in [-0.2, 0) is 6.42 Å². The van der Waals surface area contributed by atoms with Crippen molar-refractivity contribution in [3.63, 3.8) is 0 Å². The number of imidazole rings is 1. The van der Waals surface area contributed by atoms with Crippen LogP contribution in [0.3, 0.4) is 0 Å². The van der Waals surface area contributed by atoms with Crippen molar-refractivity contribution in [1.82, 2.24) is 20.6 Å². The Morgan fingerprint density at radius 2 is 2.24 bits per heavy atom. The summed E-state index contributed by atoms with van der Waals surface area (Å²) in [5.74, 6) is 2.00. The monoisotopic (exact) mass is 285 g/mol. The third-order valence-electron chi connectivity index (χ3n) is 3.54. The van der Waals surface area contributed by atoms with Crippen LogP contribution < -0.4 is 10.6 Å². The SMILES string of the molecule is CCNC(=NCCCc1nc2ccccc2[nH]1)NC1CC1. The summed E-state index contributed by atoms with van der Waals surface area (Å²) in [5, 5.41) is 6.72. The maximum atomic E-state index is 4.62. The van der Waals surface area contributed by atoms with E-state index < -0.39 is 0 Å². The number of guanidine groups is 1. The average molecular weight is 285 g/mol. The number of para-hydroxylation sites is 2. The van der Waals surface area contributed by atoms with Gasteiger partial charge in [0.1, 0.15) is 5.82 Å². The second kappa shape index (κ2) is 6.61. The van der Waals surface area contributed by atoms with Gasteiger partial charge in [-0.2, -0.15) is 0 Å². The highest BCUT2D eigenvalue weighted by molar-refractivity contribution is 5.80. The lowest BCUT2D eigenvalue weighted by atomic mass is 10.3. The maximum absolute atomic E-state index is 4.62. The minimum atomic E-state index is 0.637. The molecule has 0 atom stereocenters. The third kappa shape index (κ3) is 3.97. The summed E-state index contributed by atoms with van der Waals surface area (Å²) in [4.78, 5) is 12.6. The summed E-state index contributed by atoms with van der Waals surface area (Å²) in [6.07, 6.45) is 4.47. The van der Waals surface area contributed by atoms with E-state index in [1.54, 1.807) is 0 Å². The summed E-state index contributed by atoms with van der Waals surface area (Å²) in [5.41, 5.74) is 2.15. The molecule has 3 rings (SSSR count). The number of aryl methyl sites for hydroxylation is 1. The van der Waals surface area contributed by atoms with E-state index in [1.165, 1.54) is 12.8 Å². The van der Waals surface area contributed by atoms with Gasteiger partial charge in [-0.3, -0.25) is 4.99 Å². The first-order valence-corrected chi connectivity index (χ1v) is 7.83. The van der Waals surface area contributed by atoms with Crippen molar-refractivity contribution in [3.8, 4) is 0 Å². The van der Waals surface area contributed by atoms with Crippen LogP contribution >= 0.6 is 0 Å². The number of nitrogens with zero attached hydrogens (tertiary/aromatic N) is 2. The molecule has 5 heteroatoms. The van der Waals surface area contributed by atoms with Crippen LogP contribution in [0.5, 0.6) is 0 Å². The van der Waals surface area contributed by atoms with Crippen molar-refractivity contribution < 1.29 is 0 Å². The van der Waals surface area contributed by atoms with E-state index in [0.29, 0.717) is 6.04 Å².